The van der Waals surface area contributed by atoms with Gasteiger partial charge in [0.25, 0.3) is 0 Å². The molecular weight excluding hydrogens is 310 g/mol. The van der Waals surface area contributed by atoms with Gasteiger partial charge in [-0.15, -0.1) is 0 Å². The maximum atomic E-state index is 4.66. The predicted molar refractivity (Wildman–Crippen MR) is 102 cm³/mol. The monoisotopic (exact) mass is 327 g/mol. The Balaban J connectivity index is 1.77. The van der Waals surface area contributed by atoms with Crippen molar-refractivity contribution < 1.29 is 0 Å². The van der Waals surface area contributed by atoms with E-state index in [0.717, 1.165) is 29.3 Å². The second-order valence-corrected chi connectivity index (χ2v) is 5.75. The molecule has 1 unspecified atom stereocenters. The van der Waals surface area contributed by atoms with Crippen molar-refractivity contribution in [3.05, 3.63) is 60.9 Å². The lowest BCUT2D eigenvalue weighted by Gasteiger charge is -2.06. The predicted octanol–water partition coefficient (Wildman–Crippen LogP) is 4.18. The minimum Gasteiger partial charge on any atom is -0.288 e. The number of hydrogen-bond donors (Lipinski definition) is 0. The van der Waals surface area contributed by atoms with E-state index in [1.54, 1.807) is 12.4 Å². The molecule has 3 heterocycles. The summed E-state index contributed by atoms with van der Waals surface area (Å²) in [6.45, 7) is 0. The number of aromatic nitrogens is 3. The van der Waals surface area contributed by atoms with Crippen molar-refractivity contribution >= 4 is 29.1 Å². The Labute approximate surface area is 145 Å². The normalized spacial score (nSPS) is 17.2. The second kappa shape index (κ2) is 7.13. The maximum absolute atomic E-state index is 4.66. The number of para-hydroxylation sites is 1. The summed E-state index contributed by atoms with van der Waals surface area (Å²) in [5, 5.41) is 0.930. The minimum atomic E-state index is 0.0503. The number of aliphatic imine (C=N–C) groups is 2. The summed E-state index contributed by atoms with van der Waals surface area (Å²) >= 11 is 0. The first kappa shape index (κ1) is 15.3. The third-order valence-corrected chi connectivity index (χ3v) is 3.95. The van der Waals surface area contributed by atoms with Gasteiger partial charge in [0.15, 0.2) is 11.6 Å². The van der Waals surface area contributed by atoms with Crippen LogP contribution in [0.3, 0.4) is 0 Å². The highest BCUT2D eigenvalue weighted by atomic mass is 15.0. The van der Waals surface area contributed by atoms with Gasteiger partial charge in [-0.25, -0.2) is 15.0 Å². The molecule has 1 aliphatic rings. The first-order chi connectivity index (χ1) is 12.4. The molecule has 25 heavy (non-hydrogen) atoms. The van der Waals surface area contributed by atoms with Gasteiger partial charge >= 0.3 is 0 Å². The van der Waals surface area contributed by atoms with Gasteiger partial charge in [0.1, 0.15) is 0 Å². The van der Waals surface area contributed by atoms with Crippen LogP contribution < -0.4 is 0 Å². The lowest BCUT2D eigenvalue weighted by Crippen LogP contribution is -2.04. The van der Waals surface area contributed by atoms with Crippen molar-refractivity contribution in [2.45, 2.75) is 18.9 Å². The van der Waals surface area contributed by atoms with Gasteiger partial charge in [0.05, 0.1) is 11.6 Å². The molecule has 1 aliphatic heterocycles. The van der Waals surface area contributed by atoms with Crippen LogP contribution in [0.25, 0.3) is 22.3 Å². The Morgan fingerprint density at radius 2 is 2.00 bits per heavy atom. The molecule has 0 aliphatic carbocycles. The van der Waals surface area contributed by atoms with Crippen LogP contribution in [0.2, 0.25) is 0 Å². The molecule has 4 rings (SSSR count). The number of pyridine rings is 1. The topological polar surface area (TPSA) is 63.4 Å². The summed E-state index contributed by atoms with van der Waals surface area (Å²) in [6, 6.07) is 11.8. The Bertz CT molecular complexity index is 960. The van der Waals surface area contributed by atoms with Gasteiger partial charge < -0.3 is 0 Å². The summed E-state index contributed by atoms with van der Waals surface area (Å²) in [4.78, 5) is 22.6. The van der Waals surface area contributed by atoms with E-state index in [1.807, 2.05) is 48.8 Å². The molecule has 5 nitrogen and oxygen atoms in total. The van der Waals surface area contributed by atoms with Crippen LogP contribution in [-0.4, -0.2) is 33.4 Å². The van der Waals surface area contributed by atoms with E-state index < -0.39 is 0 Å². The zero-order chi connectivity index (χ0) is 16.9. The van der Waals surface area contributed by atoms with Gasteiger partial charge in [-0.2, -0.15) is 0 Å². The fourth-order valence-corrected chi connectivity index (χ4v) is 2.69. The summed E-state index contributed by atoms with van der Waals surface area (Å²) in [7, 11) is 0. The molecule has 3 aromatic rings. The SMILES string of the molecule is C1=CCC(C=Nc2nc(-c3cccnc3)nc3ccccc23)N=CC1. The highest BCUT2D eigenvalue weighted by molar-refractivity contribution is 5.91. The first-order valence-electron chi connectivity index (χ1n) is 8.28. The fraction of sp³-hybridized carbons (Fsp3) is 0.150. The van der Waals surface area contributed by atoms with Gasteiger partial charge in [-0.3, -0.25) is 9.98 Å². The molecule has 2 aromatic heterocycles. The molecular formula is C20H17N5. The van der Waals surface area contributed by atoms with Crippen LogP contribution >= 0.6 is 0 Å². The van der Waals surface area contributed by atoms with Crippen LogP contribution in [0.15, 0.2) is 70.9 Å². The molecule has 0 fully saturated rings. The lowest BCUT2D eigenvalue weighted by molar-refractivity contribution is 0.903. The Morgan fingerprint density at radius 1 is 1.04 bits per heavy atom. The van der Waals surface area contributed by atoms with Crippen LogP contribution in [0, 0.1) is 0 Å². The average Bonchev–Trinajstić information content (AvgIpc) is 2.95. The van der Waals surface area contributed by atoms with Gasteiger partial charge in [-0.05, 0) is 30.7 Å². The van der Waals surface area contributed by atoms with Crippen molar-refractivity contribution in [2.75, 3.05) is 0 Å². The van der Waals surface area contributed by atoms with Crippen LogP contribution in [0.4, 0.5) is 5.82 Å². The molecule has 0 spiro atoms. The van der Waals surface area contributed by atoms with E-state index in [4.69, 9.17) is 0 Å². The van der Waals surface area contributed by atoms with E-state index in [9.17, 15) is 0 Å². The highest BCUT2D eigenvalue weighted by Gasteiger charge is 2.09. The average molecular weight is 327 g/mol. The first-order valence-corrected chi connectivity index (χ1v) is 8.28. The Morgan fingerprint density at radius 3 is 2.92 bits per heavy atom. The Kier molecular flexibility index (Phi) is 4.37. The molecule has 122 valence electrons. The number of allylic oxidation sites excluding steroid dienone is 1. The standard InChI is InChI=1S/C20H17N5/c1-2-8-16(22-12-5-1)14-23-20-17-9-3-4-10-18(17)24-19(25-20)15-7-6-11-21-13-15/h1-4,6-7,9-14,16H,5,8H2. The van der Waals surface area contributed by atoms with E-state index in [2.05, 4.69) is 37.1 Å². The zero-order valence-electron chi connectivity index (χ0n) is 13.7. The minimum absolute atomic E-state index is 0.0503. The maximum Gasteiger partial charge on any atom is 0.163 e. The van der Waals surface area contributed by atoms with Crippen molar-refractivity contribution in [1.29, 1.82) is 0 Å². The van der Waals surface area contributed by atoms with E-state index in [-0.39, 0.29) is 6.04 Å². The van der Waals surface area contributed by atoms with Gasteiger partial charge in [0, 0.05) is 42.2 Å². The quantitative estimate of drug-likeness (QED) is 0.535. The third kappa shape index (κ3) is 3.50. The molecule has 0 amide bonds. The van der Waals surface area contributed by atoms with E-state index >= 15 is 0 Å². The molecule has 1 aromatic carbocycles. The van der Waals surface area contributed by atoms with Crippen molar-refractivity contribution in [3.8, 4) is 11.4 Å². The number of fused-ring (bicyclic) bond motifs is 1. The number of benzene rings is 1. The highest BCUT2D eigenvalue weighted by Crippen LogP contribution is 2.26. The summed E-state index contributed by atoms with van der Waals surface area (Å²) in [5.74, 6) is 1.29. The summed E-state index contributed by atoms with van der Waals surface area (Å²) < 4.78 is 0. The van der Waals surface area contributed by atoms with Crippen molar-refractivity contribution in [1.82, 2.24) is 15.0 Å². The molecule has 0 bridgehead atoms. The summed E-state index contributed by atoms with van der Waals surface area (Å²) in [6.07, 6.45) is 13.3. The summed E-state index contributed by atoms with van der Waals surface area (Å²) in [5.41, 5.74) is 1.74. The lowest BCUT2D eigenvalue weighted by atomic mass is 10.2. The molecule has 0 saturated carbocycles. The van der Waals surface area contributed by atoms with Crippen molar-refractivity contribution in [3.63, 3.8) is 0 Å². The number of hydrogen-bond acceptors (Lipinski definition) is 5. The van der Waals surface area contributed by atoms with Crippen LogP contribution in [-0.2, 0) is 0 Å². The molecule has 5 heteroatoms. The Hall–Kier alpha value is -3.21. The molecule has 0 N–H and O–H groups in total. The molecule has 0 saturated heterocycles. The number of rotatable bonds is 3. The fourth-order valence-electron chi connectivity index (χ4n) is 2.69. The van der Waals surface area contributed by atoms with Gasteiger partial charge in [0.2, 0.25) is 0 Å². The molecule has 0 radical (unpaired) electrons. The smallest absolute Gasteiger partial charge is 0.163 e. The third-order valence-electron chi connectivity index (χ3n) is 3.95. The largest absolute Gasteiger partial charge is 0.288 e. The second-order valence-electron chi connectivity index (χ2n) is 5.75. The van der Waals surface area contributed by atoms with Gasteiger partial charge in [-0.1, -0.05) is 24.3 Å². The zero-order valence-corrected chi connectivity index (χ0v) is 13.7. The van der Waals surface area contributed by atoms with E-state index in [1.165, 1.54) is 0 Å². The molecule has 1 atom stereocenters. The van der Waals surface area contributed by atoms with Crippen LogP contribution in [0.1, 0.15) is 12.8 Å². The van der Waals surface area contributed by atoms with E-state index in [0.29, 0.717) is 11.6 Å². The van der Waals surface area contributed by atoms with Crippen molar-refractivity contribution in [2.24, 2.45) is 9.98 Å². The number of nitrogens with zero attached hydrogens (tertiary/aromatic N) is 5. The van der Waals surface area contributed by atoms with Crippen LogP contribution in [0.5, 0.6) is 0 Å².